The van der Waals surface area contributed by atoms with E-state index < -0.39 is 23.1 Å². The molecule has 0 aromatic carbocycles. The van der Waals surface area contributed by atoms with Gasteiger partial charge in [-0.1, -0.05) is 0 Å². The molecule has 0 fully saturated rings. The molecule has 0 bridgehead atoms. The summed E-state index contributed by atoms with van der Waals surface area (Å²) in [6.07, 6.45) is 0.816. The number of hydrogen-bond donors (Lipinski definition) is 0. The van der Waals surface area contributed by atoms with Gasteiger partial charge in [-0.05, 0) is 41.5 Å². The Morgan fingerprint density at radius 2 is 1.07 bits per heavy atom. The molecule has 0 aliphatic rings. The molecule has 0 N–H and O–H groups in total. The summed E-state index contributed by atoms with van der Waals surface area (Å²) in [4.78, 5) is 22.4. The van der Waals surface area contributed by atoms with Crippen LogP contribution >= 0.6 is 0 Å². The Morgan fingerprint density at radius 3 is 1.27 bits per heavy atom. The highest BCUT2D eigenvalue weighted by molar-refractivity contribution is 6.03. The van der Waals surface area contributed by atoms with Gasteiger partial charge in [0.1, 0.15) is 11.2 Å². The maximum atomic E-state index is 11.2. The van der Waals surface area contributed by atoms with Crippen molar-refractivity contribution >= 4 is 11.9 Å². The van der Waals surface area contributed by atoms with Crippen LogP contribution in [0.3, 0.4) is 0 Å². The predicted octanol–water partition coefficient (Wildman–Crippen LogP) is 1.87. The molecular weight excluding hydrogens is 196 g/mol. The van der Waals surface area contributed by atoms with Gasteiger partial charge in [0.05, 0.1) is 0 Å². The van der Waals surface area contributed by atoms with Gasteiger partial charge >= 0.3 is 11.9 Å². The lowest BCUT2D eigenvalue weighted by molar-refractivity contribution is -0.159. The minimum absolute atomic E-state index is 0.602. The Kier molecular flexibility index (Phi) is 4.31. The molecule has 0 atom stereocenters. The molecule has 0 amide bonds. The Labute approximate surface area is 90.9 Å². The highest BCUT2D eigenvalue weighted by Crippen LogP contribution is 2.11. The van der Waals surface area contributed by atoms with E-state index >= 15 is 0 Å². The average Bonchev–Trinajstić information content (AvgIpc) is 1.73. The third-order valence-electron chi connectivity index (χ3n) is 1.05. The van der Waals surface area contributed by atoms with E-state index in [1.807, 2.05) is 0 Å². The van der Waals surface area contributed by atoms with Crippen LogP contribution in [-0.4, -0.2) is 23.1 Å². The monoisotopic (exact) mass is 215 g/mol. The van der Waals surface area contributed by atoms with Crippen LogP contribution in [-0.2, 0) is 19.1 Å². The highest BCUT2D eigenvalue weighted by atomic mass is 16.6. The molecule has 15 heavy (non-hydrogen) atoms. The first-order valence-corrected chi connectivity index (χ1v) is 4.80. The van der Waals surface area contributed by atoms with Crippen LogP contribution in [0.2, 0.25) is 0 Å². The van der Waals surface area contributed by atoms with Gasteiger partial charge in [0.25, 0.3) is 0 Å². The summed E-state index contributed by atoms with van der Waals surface area (Å²) in [6, 6.07) is 0. The van der Waals surface area contributed by atoms with Crippen molar-refractivity contribution in [1.29, 1.82) is 0 Å². The highest BCUT2D eigenvalue weighted by Gasteiger charge is 2.23. The van der Waals surface area contributed by atoms with Crippen molar-refractivity contribution in [2.45, 2.75) is 52.7 Å². The Hall–Kier alpha value is -1.06. The number of carbonyl (C=O) groups is 2. The lowest BCUT2D eigenvalue weighted by Crippen LogP contribution is -2.29. The summed E-state index contributed by atoms with van der Waals surface area (Å²) in [5.41, 5.74) is -1.20. The molecular formula is C11H19O4. The summed E-state index contributed by atoms with van der Waals surface area (Å²) in [7, 11) is 0. The van der Waals surface area contributed by atoms with E-state index in [-0.39, 0.29) is 0 Å². The van der Waals surface area contributed by atoms with Crippen molar-refractivity contribution in [3.05, 3.63) is 6.42 Å². The zero-order valence-corrected chi connectivity index (χ0v) is 10.2. The molecule has 0 aromatic rings. The van der Waals surface area contributed by atoms with Gasteiger partial charge in [-0.25, -0.2) is 0 Å². The normalized spacial score (nSPS) is 12.1. The van der Waals surface area contributed by atoms with Crippen LogP contribution < -0.4 is 0 Å². The number of ether oxygens (including phenoxy) is 2. The molecule has 4 heteroatoms. The fraction of sp³-hybridized carbons (Fsp3) is 0.727. The molecule has 0 aliphatic carbocycles. The summed E-state index contributed by atoms with van der Waals surface area (Å²) in [6.45, 7) is 10.4. The number of rotatable bonds is 2. The quantitative estimate of drug-likeness (QED) is 0.521. The minimum Gasteiger partial charge on any atom is -0.459 e. The molecule has 87 valence electrons. The van der Waals surface area contributed by atoms with Crippen molar-refractivity contribution in [2.75, 3.05) is 0 Å². The number of hydrogen-bond acceptors (Lipinski definition) is 4. The summed E-state index contributed by atoms with van der Waals surface area (Å²) in [5, 5.41) is 0. The van der Waals surface area contributed by atoms with Gasteiger partial charge < -0.3 is 9.47 Å². The van der Waals surface area contributed by atoms with Crippen LogP contribution in [0.5, 0.6) is 0 Å². The maximum absolute atomic E-state index is 11.2. The topological polar surface area (TPSA) is 52.6 Å². The second-order valence-electron chi connectivity index (χ2n) is 5.21. The van der Waals surface area contributed by atoms with Gasteiger partial charge in [-0.3, -0.25) is 9.59 Å². The molecule has 0 saturated heterocycles. The van der Waals surface area contributed by atoms with Gasteiger partial charge in [-0.2, -0.15) is 0 Å². The van der Waals surface area contributed by atoms with Crippen molar-refractivity contribution in [3.63, 3.8) is 0 Å². The second-order valence-corrected chi connectivity index (χ2v) is 5.21. The first-order chi connectivity index (χ1) is 6.49. The SMILES string of the molecule is CC(C)(C)OC(=O)[CH]C(=O)OC(C)(C)C. The molecule has 0 heterocycles. The number of carbonyl (C=O) groups excluding carboxylic acids is 2. The van der Waals surface area contributed by atoms with E-state index in [1.165, 1.54) is 0 Å². The van der Waals surface area contributed by atoms with Gasteiger partial charge in [-0.15, -0.1) is 0 Å². The van der Waals surface area contributed by atoms with Gasteiger partial charge in [0.2, 0.25) is 0 Å². The first kappa shape index (κ1) is 13.9. The van der Waals surface area contributed by atoms with Crippen LogP contribution in [0.25, 0.3) is 0 Å². The lowest BCUT2D eigenvalue weighted by Gasteiger charge is -2.21. The van der Waals surface area contributed by atoms with E-state index in [0.29, 0.717) is 0 Å². The van der Waals surface area contributed by atoms with Gasteiger partial charge in [0.15, 0.2) is 6.42 Å². The molecule has 0 aromatic heterocycles. The molecule has 0 saturated carbocycles. The smallest absolute Gasteiger partial charge is 0.322 e. The van der Waals surface area contributed by atoms with Crippen molar-refractivity contribution in [2.24, 2.45) is 0 Å². The van der Waals surface area contributed by atoms with E-state index in [9.17, 15) is 9.59 Å². The fourth-order valence-electron chi connectivity index (χ4n) is 0.759. The first-order valence-electron chi connectivity index (χ1n) is 4.80. The van der Waals surface area contributed by atoms with Gasteiger partial charge in [0, 0.05) is 0 Å². The van der Waals surface area contributed by atoms with Crippen LogP contribution in [0.1, 0.15) is 41.5 Å². The van der Waals surface area contributed by atoms with Crippen molar-refractivity contribution in [1.82, 2.24) is 0 Å². The zero-order valence-electron chi connectivity index (χ0n) is 10.2. The maximum Gasteiger partial charge on any atom is 0.322 e. The zero-order chi connectivity index (χ0) is 12.3. The molecule has 4 nitrogen and oxygen atoms in total. The van der Waals surface area contributed by atoms with Crippen LogP contribution in [0, 0.1) is 6.42 Å². The standard InChI is InChI=1S/C11H19O4/c1-10(2,3)14-8(12)7-9(13)15-11(4,5)6/h7H,1-6H3. The molecule has 0 unspecified atom stereocenters. The van der Waals surface area contributed by atoms with Crippen LogP contribution in [0.15, 0.2) is 0 Å². The molecule has 1 radical (unpaired) electrons. The van der Waals surface area contributed by atoms with Crippen LogP contribution in [0.4, 0.5) is 0 Å². The van der Waals surface area contributed by atoms with E-state index in [2.05, 4.69) is 0 Å². The van der Waals surface area contributed by atoms with E-state index in [1.54, 1.807) is 41.5 Å². The minimum atomic E-state index is -0.684. The summed E-state index contributed by atoms with van der Waals surface area (Å²) >= 11 is 0. The summed E-state index contributed by atoms with van der Waals surface area (Å²) < 4.78 is 9.86. The molecule has 0 spiro atoms. The van der Waals surface area contributed by atoms with E-state index in [0.717, 1.165) is 6.42 Å². The molecule has 0 rings (SSSR count). The third kappa shape index (κ3) is 9.25. The second kappa shape index (κ2) is 4.64. The predicted molar refractivity (Wildman–Crippen MR) is 56.0 cm³/mol. The molecule has 0 aliphatic heterocycles. The number of esters is 2. The third-order valence-corrected chi connectivity index (χ3v) is 1.05. The Morgan fingerprint density at radius 1 is 0.800 bits per heavy atom. The van der Waals surface area contributed by atoms with Crippen molar-refractivity contribution in [3.8, 4) is 0 Å². The largest absolute Gasteiger partial charge is 0.459 e. The fourth-order valence-corrected chi connectivity index (χ4v) is 0.759. The van der Waals surface area contributed by atoms with Crippen molar-refractivity contribution < 1.29 is 19.1 Å². The Balaban J connectivity index is 4.04. The lowest BCUT2D eigenvalue weighted by atomic mass is 10.2. The Bertz CT molecular complexity index is 216. The van der Waals surface area contributed by atoms with E-state index in [4.69, 9.17) is 9.47 Å². The summed E-state index contributed by atoms with van der Waals surface area (Å²) in [5.74, 6) is -1.37. The average molecular weight is 215 g/mol.